The molecule has 0 heterocycles. The van der Waals surface area contributed by atoms with E-state index in [2.05, 4.69) is 5.32 Å². The minimum atomic E-state index is -0.378. The molecule has 0 unspecified atom stereocenters. The van der Waals surface area contributed by atoms with E-state index in [0.717, 1.165) is 0 Å². The van der Waals surface area contributed by atoms with Crippen molar-refractivity contribution < 1.29 is 14.0 Å². The number of halogens is 3. The van der Waals surface area contributed by atoms with E-state index in [1.807, 2.05) is 0 Å². The molecule has 3 aromatic carbocycles. The van der Waals surface area contributed by atoms with E-state index in [0.29, 0.717) is 26.9 Å². The summed E-state index contributed by atoms with van der Waals surface area (Å²) >= 11 is 11.8. The van der Waals surface area contributed by atoms with Gasteiger partial charge in [0.2, 0.25) is 5.91 Å². The van der Waals surface area contributed by atoms with Crippen molar-refractivity contribution in [1.82, 2.24) is 4.90 Å². The van der Waals surface area contributed by atoms with Crippen LogP contribution < -0.4 is 5.32 Å². The Morgan fingerprint density at radius 2 is 1.59 bits per heavy atom. The standard InChI is InChI=1S/C22H17Cl2FN2O2/c23-17-8-6-16(7-9-17)22(29)27(13-15-4-10-19(25)11-5-15)14-21(28)26-20-3-1-2-18(24)12-20/h1-12H,13-14H2,(H,26,28). The molecule has 0 saturated heterocycles. The highest BCUT2D eigenvalue weighted by molar-refractivity contribution is 6.31. The monoisotopic (exact) mass is 430 g/mol. The topological polar surface area (TPSA) is 49.4 Å². The number of carbonyl (C=O) groups is 2. The van der Waals surface area contributed by atoms with Crippen LogP contribution in [0.2, 0.25) is 10.0 Å². The van der Waals surface area contributed by atoms with Crippen LogP contribution in [0, 0.1) is 5.82 Å². The van der Waals surface area contributed by atoms with E-state index >= 15 is 0 Å². The Hall–Kier alpha value is -2.89. The van der Waals surface area contributed by atoms with Gasteiger partial charge in [-0.2, -0.15) is 0 Å². The van der Waals surface area contributed by atoms with E-state index in [9.17, 15) is 14.0 Å². The maximum absolute atomic E-state index is 13.2. The number of hydrogen-bond acceptors (Lipinski definition) is 2. The lowest BCUT2D eigenvalue weighted by atomic mass is 10.1. The van der Waals surface area contributed by atoms with Crippen molar-refractivity contribution in [2.45, 2.75) is 6.54 Å². The Morgan fingerprint density at radius 3 is 2.24 bits per heavy atom. The van der Waals surface area contributed by atoms with Gasteiger partial charge in [-0.1, -0.05) is 41.4 Å². The van der Waals surface area contributed by atoms with E-state index in [1.54, 1.807) is 60.7 Å². The Morgan fingerprint density at radius 1 is 0.897 bits per heavy atom. The summed E-state index contributed by atoms with van der Waals surface area (Å²) in [4.78, 5) is 26.9. The van der Waals surface area contributed by atoms with Gasteiger partial charge in [-0.3, -0.25) is 9.59 Å². The van der Waals surface area contributed by atoms with Crippen molar-refractivity contribution in [1.29, 1.82) is 0 Å². The van der Waals surface area contributed by atoms with Crippen LogP contribution in [0.1, 0.15) is 15.9 Å². The molecule has 0 radical (unpaired) electrons. The van der Waals surface area contributed by atoms with Gasteiger partial charge in [0.1, 0.15) is 12.4 Å². The maximum Gasteiger partial charge on any atom is 0.254 e. The predicted molar refractivity (Wildman–Crippen MR) is 113 cm³/mol. The van der Waals surface area contributed by atoms with Crippen molar-refractivity contribution in [3.63, 3.8) is 0 Å². The van der Waals surface area contributed by atoms with Crippen LogP contribution in [0.25, 0.3) is 0 Å². The fourth-order valence-electron chi connectivity index (χ4n) is 2.72. The smallest absolute Gasteiger partial charge is 0.254 e. The van der Waals surface area contributed by atoms with Gasteiger partial charge in [-0.05, 0) is 60.2 Å². The van der Waals surface area contributed by atoms with Gasteiger partial charge in [-0.25, -0.2) is 4.39 Å². The van der Waals surface area contributed by atoms with Crippen LogP contribution in [0.4, 0.5) is 10.1 Å². The number of carbonyl (C=O) groups excluding carboxylic acids is 2. The number of nitrogens with zero attached hydrogens (tertiary/aromatic N) is 1. The Bertz CT molecular complexity index is 1010. The minimum absolute atomic E-state index is 0.144. The average Bonchev–Trinajstić information content (AvgIpc) is 2.69. The van der Waals surface area contributed by atoms with Crippen molar-refractivity contribution >= 4 is 40.7 Å². The molecule has 3 aromatic rings. The molecule has 0 spiro atoms. The number of benzene rings is 3. The quantitative estimate of drug-likeness (QED) is 0.567. The molecule has 2 amide bonds. The van der Waals surface area contributed by atoms with E-state index < -0.39 is 0 Å². The molecule has 1 N–H and O–H groups in total. The molecule has 29 heavy (non-hydrogen) atoms. The van der Waals surface area contributed by atoms with Crippen LogP contribution in [0.15, 0.2) is 72.8 Å². The van der Waals surface area contributed by atoms with Crippen molar-refractivity contribution in [2.24, 2.45) is 0 Å². The van der Waals surface area contributed by atoms with Crippen molar-refractivity contribution in [2.75, 3.05) is 11.9 Å². The zero-order chi connectivity index (χ0) is 20.8. The molecule has 0 saturated carbocycles. The maximum atomic E-state index is 13.2. The van der Waals surface area contributed by atoms with Gasteiger partial charge in [0.05, 0.1) is 0 Å². The molecule has 0 aromatic heterocycles. The fraction of sp³-hybridized carbons (Fsp3) is 0.0909. The number of amides is 2. The minimum Gasteiger partial charge on any atom is -0.325 e. The number of anilines is 1. The van der Waals surface area contributed by atoms with E-state index in [1.165, 1.54) is 17.0 Å². The Balaban J connectivity index is 1.79. The molecule has 0 atom stereocenters. The fourth-order valence-corrected chi connectivity index (χ4v) is 3.04. The predicted octanol–water partition coefficient (Wildman–Crippen LogP) is 5.41. The first-order chi connectivity index (χ1) is 13.9. The number of hydrogen-bond donors (Lipinski definition) is 1. The average molecular weight is 431 g/mol. The summed E-state index contributed by atoms with van der Waals surface area (Å²) in [7, 11) is 0. The molecule has 0 aliphatic heterocycles. The lowest BCUT2D eigenvalue weighted by molar-refractivity contribution is -0.117. The van der Waals surface area contributed by atoms with E-state index in [4.69, 9.17) is 23.2 Å². The number of rotatable bonds is 6. The largest absolute Gasteiger partial charge is 0.325 e. The highest BCUT2D eigenvalue weighted by Gasteiger charge is 2.19. The second kappa shape index (κ2) is 9.54. The van der Waals surface area contributed by atoms with Gasteiger partial charge in [0, 0.05) is 27.8 Å². The third kappa shape index (κ3) is 6.04. The van der Waals surface area contributed by atoms with Crippen LogP contribution in [-0.2, 0) is 11.3 Å². The lowest BCUT2D eigenvalue weighted by Crippen LogP contribution is -2.37. The summed E-state index contributed by atoms with van der Waals surface area (Å²) in [5, 5.41) is 3.72. The molecular weight excluding hydrogens is 414 g/mol. The lowest BCUT2D eigenvalue weighted by Gasteiger charge is -2.22. The molecular formula is C22H17Cl2FN2O2. The summed E-state index contributed by atoms with van der Waals surface area (Å²) in [6, 6.07) is 18.9. The first-order valence-corrected chi connectivity index (χ1v) is 9.51. The zero-order valence-corrected chi connectivity index (χ0v) is 16.8. The van der Waals surface area contributed by atoms with Crippen molar-refractivity contribution in [3.8, 4) is 0 Å². The molecule has 0 aliphatic carbocycles. The summed E-state index contributed by atoms with van der Waals surface area (Å²) in [5.74, 6) is -1.09. The normalized spacial score (nSPS) is 10.4. The van der Waals surface area contributed by atoms with Crippen molar-refractivity contribution in [3.05, 3.63) is 99.8 Å². The van der Waals surface area contributed by atoms with Gasteiger partial charge in [0.25, 0.3) is 5.91 Å². The highest BCUT2D eigenvalue weighted by Crippen LogP contribution is 2.17. The molecule has 7 heteroatoms. The summed E-state index contributed by atoms with van der Waals surface area (Å²) in [6.07, 6.45) is 0. The Kier molecular flexibility index (Phi) is 6.86. The first kappa shape index (κ1) is 20.8. The van der Waals surface area contributed by atoms with Gasteiger partial charge in [0.15, 0.2) is 0 Å². The zero-order valence-electron chi connectivity index (χ0n) is 15.2. The second-order valence-electron chi connectivity index (χ2n) is 6.35. The molecule has 0 aliphatic rings. The summed E-state index contributed by atoms with van der Waals surface area (Å²) in [6.45, 7) is -0.0456. The first-order valence-electron chi connectivity index (χ1n) is 8.75. The molecule has 3 rings (SSSR count). The molecule has 0 bridgehead atoms. The summed E-state index contributed by atoms with van der Waals surface area (Å²) < 4.78 is 13.2. The Labute approximate surface area is 177 Å². The van der Waals surface area contributed by atoms with Crippen LogP contribution in [-0.4, -0.2) is 23.3 Å². The SMILES string of the molecule is O=C(CN(Cc1ccc(F)cc1)C(=O)c1ccc(Cl)cc1)Nc1cccc(Cl)c1. The van der Waals surface area contributed by atoms with Gasteiger partial charge < -0.3 is 10.2 Å². The molecule has 0 fully saturated rings. The molecule has 148 valence electrons. The van der Waals surface area contributed by atoms with E-state index in [-0.39, 0.29) is 30.7 Å². The van der Waals surface area contributed by atoms with Gasteiger partial charge in [-0.15, -0.1) is 0 Å². The van der Waals surface area contributed by atoms with Crippen LogP contribution in [0.3, 0.4) is 0 Å². The third-order valence-electron chi connectivity index (χ3n) is 4.11. The van der Waals surface area contributed by atoms with Crippen LogP contribution >= 0.6 is 23.2 Å². The second-order valence-corrected chi connectivity index (χ2v) is 7.23. The number of nitrogens with one attached hydrogen (secondary N) is 1. The highest BCUT2D eigenvalue weighted by atomic mass is 35.5. The molecule has 4 nitrogen and oxygen atoms in total. The summed E-state index contributed by atoms with van der Waals surface area (Å²) in [5.41, 5.74) is 1.62. The third-order valence-corrected chi connectivity index (χ3v) is 4.59. The van der Waals surface area contributed by atoms with Crippen LogP contribution in [0.5, 0.6) is 0 Å². The van der Waals surface area contributed by atoms with Gasteiger partial charge >= 0.3 is 0 Å².